The summed E-state index contributed by atoms with van der Waals surface area (Å²) in [7, 11) is 3.78. The summed E-state index contributed by atoms with van der Waals surface area (Å²) in [5.41, 5.74) is 5.06. The zero-order valence-corrected chi connectivity index (χ0v) is 7.70. The Morgan fingerprint density at radius 1 is 1.31 bits per heavy atom. The average molecular weight is 176 g/mol. The Kier molecular flexibility index (Phi) is 1.81. The highest BCUT2D eigenvalue weighted by Gasteiger charge is 2.03. The van der Waals surface area contributed by atoms with Crippen LogP contribution >= 0.6 is 0 Å². The lowest BCUT2D eigenvalue weighted by atomic mass is 10.3. The van der Waals surface area contributed by atoms with Gasteiger partial charge in [0.1, 0.15) is 0 Å². The van der Waals surface area contributed by atoms with Crippen LogP contribution in [0, 0.1) is 0 Å². The number of anilines is 1. The second kappa shape index (κ2) is 2.97. The predicted molar refractivity (Wildman–Crippen MR) is 54.6 cm³/mol. The summed E-state index contributed by atoms with van der Waals surface area (Å²) in [6.45, 7) is 0. The summed E-state index contributed by atoms with van der Waals surface area (Å²) in [6.07, 6.45) is 3.75. The average Bonchev–Trinajstić information content (AvgIpc) is 2.60. The van der Waals surface area contributed by atoms with Crippen LogP contribution < -0.4 is 10.7 Å². The Balaban J connectivity index is 2.72. The summed E-state index contributed by atoms with van der Waals surface area (Å²) < 4.78 is 1.89. The molecule has 0 saturated heterocycles. The number of nitrogens with zero attached hydrogens (tertiary/aromatic N) is 2. The van der Waals surface area contributed by atoms with Gasteiger partial charge in [-0.15, -0.1) is 0 Å². The van der Waals surface area contributed by atoms with Crippen LogP contribution in [0.15, 0.2) is 24.5 Å². The van der Waals surface area contributed by atoms with Gasteiger partial charge in [0.2, 0.25) is 0 Å². The fourth-order valence-corrected chi connectivity index (χ4v) is 1.44. The van der Waals surface area contributed by atoms with Crippen LogP contribution in [0.3, 0.4) is 0 Å². The van der Waals surface area contributed by atoms with Crippen molar-refractivity contribution >= 4 is 16.7 Å². The van der Waals surface area contributed by atoms with Gasteiger partial charge in [0.25, 0.3) is 0 Å². The quantitative estimate of drug-likeness (QED) is 0.723. The summed E-state index contributed by atoms with van der Waals surface area (Å²) in [5.74, 6) is 0. The molecule has 0 saturated carbocycles. The molecule has 2 aromatic rings. The van der Waals surface area contributed by atoms with Crippen LogP contribution in [0.5, 0.6) is 0 Å². The maximum atomic E-state index is 4.28. The Morgan fingerprint density at radius 3 is 2.85 bits per heavy atom. The molecule has 0 fully saturated rings. The number of rotatable bonds is 2. The van der Waals surface area contributed by atoms with Crippen molar-refractivity contribution in [1.29, 1.82) is 0 Å². The highest BCUT2D eigenvalue weighted by molar-refractivity contribution is 5.89. The van der Waals surface area contributed by atoms with E-state index in [9.17, 15) is 0 Å². The van der Waals surface area contributed by atoms with Gasteiger partial charge in [-0.05, 0) is 12.1 Å². The minimum atomic E-state index is 0.939. The first-order chi connectivity index (χ1) is 6.36. The monoisotopic (exact) mass is 176 g/mol. The largest absolute Gasteiger partial charge is 0.387 e. The molecule has 4 heteroatoms. The number of fused-ring (bicyclic) bond motifs is 1. The van der Waals surface area contributed by atoms with Gasteiger partial charge in [0.05, 0.1) is 0 Å². The smallest absolute Gasteiger partial charge is 0.160 e. The van der Waals surface area contributed by atoms with Gasteiger partial charge in [-0.2, -0.15) is 0 Å². The van der Waals surface area contributed by atoms with Crippen LogP contribution in [0.25, 0.3) is 11.0 Å². The van der Waals surface area contributed by atoms with Crippen molar-refractivity contribution in [3.8, 4) is 0 Å². The van der Waals surface area contributed by atoms with Crippen molar-refractivity contribution in [2.24, 2.45) is 0 Å². The second-order valence-corrected chi connectivity index (χ2v) is 2.76. The van der Waals surface area contributed by atoms with Gasteiger partial charge >= 0.3 is 0 Å². The molecule has 2 N–H and O–H groups in total. The minimum absolute atomic E-state index is 0.939. The number of pyridine rings is 1. The van der Waals surface area contributed by atoms with Crippen LogP contribution in [0.1, 0.15) is 0 Å². The molecule has 0 aliphatic carbocycles. The van der Waals surface area contributed by atoms with Crippen LogP contribution in [-0.4, -0.2) is 23.8 Å². The number of hydrogen-bond acceptors (Lipinski definition) is 3. The van der Waals surface area contributed by atoms with Gasteiger partial charge in [-0.1, -0.05) is 0 Å². The minimum Gasteiger partial charge on any atom is -0.387 e. The molecule has 2 rings (SSSR count). The molecule has 4 nitrogen and oxygen atoms in total. The van der Waals surface area contributed by atoms with Crippen molar-refractivity contribution in [1.82, 2.24) is 9.66 Å². The predicted octanol–water partition coefficient (Wildman–Crippen LogP) is 1.25. The van der Waals surface area contributed by atoms with E-state index in [0.29, 0.717) is 0 Å². The van der Waals surface area contributed by atoms with Crippen LogP contribution in [0.4, 0.5) is 5.69 Å². The highest BCUT2D eigenvalue weighted by Crippen LogP contribution is 2.20. The van der Waals surface area contributed by atoms with Gasteiger partial charge in [-0.3, -0.25) is 0 Å². The third kappa shape index (κ3) is 1.11. The first-order valence-electron chi connectivity index (χ1n) is 4.18. The van der Waals surface area contributed by atoms with Crippen LogP contribution in [0.2, 0.25) is 0 Å². The Morgan fingerprint density at radius 2 is 2.15 bits per heavy atom. The summed E-state index contributed by atoms with van der Waals surface area (Å²) >= 11 is 0. The zero-order valence-electron chi connectivity index (χ0n) is 7.70. The van der Waals surface area contributed by atoms with E-state index in [4.69, 9.17) is 0 Å². The number of aromatic nitrogens is 2. The summed E-state index contributed by atoms with van der Waals surface area (Å²) in [6, 6.07) is 3.99. The van der Waals surface area contributed by atoms with E-state index in [0.717, 1.165) is 16.7 Å². The lowest BCUT2D eigenvalue weighted by Gasteiger charge is -2.04. The van der Waals surface area contributed by atoms with Crippen LogP contribution in [-0.2, 0) is 0 Å². The van der Waals surface area contributed by atoms with Crippen molar-refractivity contribution < 1.29 is 0 Å². The number of hydrogen-bond donors (Lipinski definition) is 2. The molecule has 68 valence electrons. The van der Waals surface area contributed by atoms with E-state index in [1.54, 1.807) is 6.20 Å². The summed E-state index contributed by atoms with van der Waals surface area (Å²) in [4.78, 5) is 4.28. The topological polar surface area (TPSA) is 41.9 Å². The normalized spacial score (nSPS) is 10.3. The second-order valence-electron chi connectivity index (χ2n) is 2.76. The molecule has 0 aromatic carbocycles. The first-order valence-corrected chi connectivity index (χ1v) is 4.18. The lowest BCUT2D eigenvalue weighted by molar-refractivity contribution is 0.957. The maximum absolute atomic E-state index is 4.28. The van der Waals surface area contributed by atoms with Gasteiger partial charge in [0, 0.05) is 37.6 Å². The van der Waals surface area contributed by atoms with E-state index in [1.807, 2.05) is 37.1 Å². The number of nitrogens with one attached hydrogen (secondary N) is 2. The first kappa shape index (κ1) is 7.91. The molecular weight excluding hydrogens is 164 g/mol. The highest BCUT2D eigenvalue weighted by atomic mass is 15.4. The molecule has 0 radical (unpaired) electrons. The maximum Gasteiger partial charge on any atom is 0.160 e. The van der Waals surface area contributed by atoms with Crippen molar-refractivity contribution in [2.45, 2.75) is 0 Å². The third-order valence-electron chi connectivity index (χ3n) is 2.10. The van der Waals surface area contributed by atoms with Crippen molar-refractivity contribution in [2.75, 3.05) is 24.8 Å². The Hall–Kier alpha value is -1.71. The fraction of sp³-hybridized carbons (Fsp3) is 0.222. The Labute approximate surface area is 76.6 Å². The zero-order chi connectivity index (χ0) is 9.26. The van der Waals surface area contributed by atoms with Gasteiger partial charge in [0.15, 0.2) is 5.65 Å². The third-order valence-corrected chi connectivity index (χ3v) is 2.10. The SMILES string of the molecule is CNc1ccnc2c1ccn2NC. The van der Waals surface area contributed by atoms with E-state index in [2.05, 4.69) is 15.7 Å². The molecule has 2 heterocycles. The Bertz CT molecular complexity index is 418. The molecule has 0 bridgehead atoms. The molecule has 0 unspecified atom stereocenters. The van der Waals surface area contributed by atoms with Crippen molar-refractivity contribution in [3.05, 3.63) is 24.5 Å². The molecule has 0 atom stereocenters. The van der Waals surface area contributed by atoms with Crippen molar-refractivity contribution in [3.63, 3.8) is 0 Å². The molecule has 0 amide bonds. The van der Waals surface area contributed by atoms with E-state index >= 15 is 0 Å². The fourth-order valence-electron chi connectivity index (χ4n) is 1.44. The van der Waals surface area contributed by atoms with E-state index in [1.165, 1.54) is 0 Å². The lowest BCUT2D eigenvalue weighted by Crippen LogP contribution is -2.07. The molecule has 0 aliphatic heterocycles. The molecule has 2 aromatic heterocycles. The van der Waals surface area contributed by atoms with E-state index in [-0.39, 0.29) is 0 Å². The van der Waals surface area contributed by atoms with Gasteiger partial charge in [-0.25, -0.2) is 9.66 Å². The van der Waals surface area contributed by atoms with Gasteiger partial charge < -0.3 is 10.7 Å². The van der Waals surface area contributed by atoms with E-state index < -0.39 is 0 Å². The molecule has 0 aliphatic rings. The summed E-state index contributed by atoms with van der Waals surface area (Å²) in [5, 5.41) is 4.25. The standard InChI is InChI=1S/C9H12N4/c1-10-8-3-5-12-9-7(8)4-6-13(9)11-2/h3-6,11H,1-2H3,(H,10,12). The molecular formula is C9H12N4. The molecule has 13 heavy (non-hydrogen) atoms. The molecule has 0 spiro atoms.